The Morgan fingerprint density at radius 3 is 2.26 bits per heavy atom. The fraction of sp³-hybridized carbons (Fsp3) is 0.160. The van der Waals surface area contributed by atoms with Crippen LogP contribution in [0.3, 0.4) is 0 Å². The molecular formula is C25H24N4O4S. The van der Waals surface area contributed by atoms with Crippen LogP contribution in [0.5, 0.6) is 0 Å². The van der Waals surface area contributed by atoms with E-state index in [0.29, 0.717) is 16.7 Å². The Hall–Kier alpha value is -3.98. The summed E-state index contributed by atoms with van der Waals surface area (Å²) in [6, 6.07) is 19.3. The molecule has 0 aromatic heterocycles. The van der Waals surface area contributed by atoms with Crippen LogP contribution in [0.1, 0.15) is 40.9 Å². The number of benzene rings is 3. The minimum atomic E-state index is -3.84. The number of sulfonamides is 1. The van der Waals surface area contributed by atoms with E-state index in [9.17, 15) is 18.0 Å². The lowest BCUT2D eigenvalue weighted by Gasteiger charge is -2.37. The van der Waals surface area contributed by atoms with E-state index in [4.69, 9.17) is 11.1 Å². The molecule has 0 radical (unpaired) electrons. The van der Waals surface area contributed by atoms with Crippen LogP contribution < -0.4 is 10.5 Å². The van der Waals surface area contributed by atoms with Crippen molar-refractivity contribution in [3.63, 3.8) is 0 Å². The van der Waals surface area contributed by atoms with Crippen molar-refractivity contribution < 1.29 is 18.0 Å². The maximum atomic E-state index is 13.4. The number of fused-ring (bicyclic) bond motifs is 1. The van der Waals surface area contributed by atoms with Crippen molar-refractivity contribution >= 4 is 33.4 Å². The number of anilines is 1. The second-order valence-electron chi connectivity index (χ2n) is 8.61. The van der Waals surface area contributed by atoms with Crippen LogP contribution in [0.25, 0.3) is 0 Å². The number of hydrogen-bond acceptors (Lipinski definition) is 5. The number of carbonyl (C=O) groups excluding carboxylic acids is 2. The lowest BCUT2D eigenvalue weighted by molar-refractivity contribution is -0.134. The molecule has 3 aromatic carbocycles. The first-order valence-electron chi connectivity index (χ1n) is 10.5. The molecule has 8 nitrogen and oxygen atoms in total. The van der Waals surface area contributed by atoms with Crippen molar-refractivity contribution in [2.24, 2.45) is 5.73 Å². The largest absolute Gasteiger partial charge is 0.384 e. The van der Waals surface area contributed by atoms with Gasteiger partial charge in [-0.3, -0.25) is 24.6 Å². The Labute approximate surface area is 198 Å². The van der Waals surface area contributed by atoms with Crippen molar-refractivity contribution in [3.8, 4) is 0 Å². The predicted molar refractivity (Wildman–Crippen MR) is 129 cm³/mol. The molecule has 9 heteroatoms. The predicted octanol–water partition coefficient (Wildman–Crippen LogP) is 3.23. The third-order valence-electron chi connectivity index (χ3n) is 5.86. The summed E-state index contributed by atoms with van der Waals surface area (Å²) >= 11 is 0. The maximum absolute atomic E-state index is 13.4. The van der Waals surface area contributed by atoms with Gasteiger partial charge in [0.1, 0.15) is 5.84 Å². The molecule has 4 rings (SSSR count). The smallest absolute Gasteiger partial charge is 0.261 e. The molecule has 0 saturated heterocycles. The van der Waals surface area contributed by atoms with Crippen molar-refractivity contribution in [2.45, 2.75) is 30.7 Å². The second-order valence-corrected chi connectivity index (χ2v) is 10.3. The number of nitrogens with two attached hydrogens (primary N) is 1. The third kappa shape index (κ3) is 4.17. The molecule has 34 heavy (non-hydrogen) atoms. The zero-order valence-electron chi connectivity index (χ0n) is 18.7. The van der Waals surface area contributed by atoms with E-state index >= 15 is 0 Å². The highest BCUT2D eigenvalue weighted by molar-refractivity contribution is 7.92. The molecule has 2 amide bonds. The van der Waals surface area contributed by atoms with Gasteiger partial charge in [-0.1, -0.05) is 48.5 Å². The maximum Gasteiger partial charge on any atom is 0.261 e. The number of hydrogen-bond donors (Lipinski definition) is 3. The number of nitrogens with zero attached hydrogens (tertiary/aromatic N) is 1. The zero-order chi connectivity index (χ0) is 24.7. The van der Waals surface area contributed by atoms with E-state index in [1.807, 2.05) is 0 Å². The molecule has 174 valence electrons. The molecule has 1 heterocycles. The number of amides is 2. The minimum Gasteiger partial charge on any atom is -0.384 e. The highest BCUT2D eigenvalue weighted by Gasteiger charge is 2.44. The van der Waals surface area contributed by atoms with Gasteiger partial charge in [-0.15, -0.1) is 0 Å². The first-order chi connectivity index (χ1) is 16.0. The molecule has 0 bridgehead atoms. The average molecular weight is 477 g/mol. The van der Waals surface area contributed by atoms with Crippen LogP contribution in [0, 0.1) is 5.41 Å². The molecule has 0 saturated carbocycles. The lowest BCUT2D eigenvalue weighted by Crippen LogP contribution is -2.51. The fourth-order valence-corrected chi connectivity index (χ4v) is 5.02. The van der Waals surface area contributed by atoms with Crippen LogP contribution in [-0.2, 0) is 26.8 Å². The first kappa shape index (κ1) is 23.2. The van der Waals surface area contributed by atoms with Crippen LogP contribution in [0.15, 0.2) is 77.7 Å². The molecule has 0 fully saturated rings. The van der Waals surface area contributed by atoms with Gasteiger partial charge in [-0.25, -0.2) is 8.42 Å². The Kier molecular flexibility index (Phi) is 5.74. The van der Waals surface area contributed by atoms with Crippen molar-refractivity contribution in [1.82, 2.24) is 4.90 Å². The van der Waals surface area contributed by atoms with Gasteiger partial charge in [0.05, 0.1) is 16.9 Å². The zero-order valence-corrected chi connectivity index (χ0v) is 19.5. The Morgan fingerprint density at radius 2 is 1.65 bits per heavy atom. The van der Waals surface area contributed by atoms with Gasteiger partial charge in [0.25, 0.3) is 15.9 Å². The molecule has 4 N–H and O–H groups in total. The van der Waals surface area contributed by atoms with Gasteiger partial charge < -0.3 is 5.73 Å². The topological polar surface area (TPSA) is 133 Å². The van der Waals surface area contributed by atoms with Gasteiger partial charge in [0.2, 0.25) is 5.91 Å². The van der Waals surface area contributed by atoms with E-state index in [1.165, 1.54) is 23.1 Å². The van der Waals surface area contributed by atoms with Crippen molar-refractivity contribution in [2.75, 3.05) is 4.72 Å². The SMILES string of the molecule is CC1(C)C(=O)N(Cc2ccc(C(=N)N)cc2)C(=O)c2cc(NS(=O)(=O)c3ccccc3)ccc21. The van der Waals surface area contributed by atoms with Gasteiger partial charge in [0.15, 0.2) is 0 Å². The lowest BCUT2D eigenvalue weighted by atomic mass is 9.77. The number of amidine groups is 1. The van der Waals surface area contributed by atoms with Gasteiger partial charge in [-0.05, 0) is 49.2 Å². The number of rotatable bonds is 6. The summed E-state index contributed by atoms with van der Waals surface area (Å²) in [5.41, 5.74) is 6.77. The number of nitrogens with one attached hydrogen (secondary N) is 2. The Balaban J connectivity index is 1.67. The number of imide groups is 1. The van der Waals surface area contributed by atoms with Gasteiger partial charge in [0, 0.05) is 16.8 Å². The first-order valence-corrected chi connectivity index (χ1v) is 12.0. The van der Waals surface area contributed by atoms with E-state index in [-0.39, 0.29) is 34.4 Å². The molecule has 1 aliphatic heterocycles. The normalized spacial score (nSPS) is 15.1. The molecule has 3 aromatic rings. The molecule has 0 unspecified atom stereocenters. The summed E-state index contributed by atoms with van der Waals surface area (Å²) < 4.78 is 28.0. The average Bonchev–Trinajstić information content (AvgIpc) is 2.81. The summed E-state index contributed by atoms with van der Waals surface area (Å²) in [5, 5.41) is 7.50. The summed E-state index contributed by atoms with van der Waals surface area (Å²) in [5.74, 6) is -0.925. The van der Waals surface area contributed by atoms with Crippen LogP contribution >= 0.6 is 0 Å². The molecule has 0 atom stereocenters. The highest BCUT2D eigenvalue weighted by Crippen LogP contribution is 2.37. The third-order valence-corrected chi connectivity index (χ3v) is 7.26. The van der Waals surface area contributed by atoms with Crippen LogP contribution in [0.4, 0.5) is 5.69 Å². The van der Waals surface area contributed by atoms with E-state index in [2.05, 4.69) is 4.72 Å². The molecular weight excluding hydrogens is 452 g/mol. The number of nitrogen functional groups attached to an aromatic ring is 1. The quantitative estimate of drug-likeness (QED) is 0.285. The van der Waals surface area contributed by atoms with Crippen LogP contribution in [0.2, 0.25) is 0 Å². The fourth-order valence-electron chi connectivity index (χ4n) is 3.95. The van der Waals surface area contributed by atoms with E-state index in [1.54, 1.807) is 68.4 Å². The Morgan fingerprint density at radius 1 is 1.00 bits per heavy atom. The standard InChI is InChI=1S/C25H24N4O4S/c1-25(2)21-13-12-18(28-34(32,33)19-6-4-3-5-7-19)14-20(21)23(30)29(24(25)31)15-16-8-10-17(11-9-16)22(26)27/h3-14,28H,15H2,1-2H3,(H3,26,27). The summed E-state index contributed by atoms with van der Waals surface area (Å²) in [6.45, 7) is 3.51. The monoisotopic (exact) mass is 476 g/mol. The molecule has 1 aliphatic rings. The van der Waals surface area contributed by atoms with Gasteiger partial charge >= 0.3 is 0 Å². The molecule has 0 aliphatic carbocycles. The summed E-state index contributed by atoms with van der Waals surface area (Å²) in [7, 11) is -3.84. The number of carbonyl (C=O) groups is 2. The summed E-state index contributed by atoms with van der Waals surface area (Å²) in [4.78, 5) is 27.9. The second kappa shape index (κ2) is 8.42. The van der Waals surface area contributed by atoms with Crippen molar-refractivity contribution in [3.05, 3.63) is 95.1 Å². The highest BCUT2D eigenvalue weighted by atomic mass is 32.2. The Bertz CT molecular complexity index is 1400. The van der Waals surface area contributed by atoms with Crippen molar-refractivity contribution in [1.29, 1.82) is 5.41 Å². The van der Waals surface area contributed by atoms with E-state index in [0.717, 1.165) is 0 Å². The van der Waals surface area contributed by atoms with Gasteiger partial charge in [-0.2, -0.15) is 0 Å². The van der Waals surface area contributed by atoms with Crippen LogP contribution in [-0.4, -0.2) is 31.0 Å². The van der Waals surface area contributed by atoms with E-state index < -0.39 is 21.3 Å². The summed E-state index contributed by atoms with van der Waals surface area (Å²) in [6.07, 6.45) is 0. The molecule has 0 spiro atoms. The minimum absolute atomic E-state index is 0.0404.